The van der Waals surface area contributed by atoms with Crippen LogP contribution in [-0.2, 0) is 14.3 Å². The number of benzene rings is 2. The van der Waals surface area contributed by atoms with E-state index in [1.54, 1.807) is 24.0 Å². The minimum atomic E-state index is -0.567. The lowest BCUT2D eigenvalue weighted by atomic mass is 10.1. The Morgan fingerprint density at radius 1 is 1.10 bits per heavy atom. The predicted octanol–water partition coefficient (Wildman–Crippen LogP) is 4.01. The molecule has 0 bridgehead atoms. The molecule has 1 heterocycles. The second kappa shape index (κ2) is 10.4. The highest BCUT2D eigenvalue weighted by molar-refractivity contribution is 7.99. The van der Waals surface area contributed by atoms with Gasteiger partial charge in [0, 0.05) is 40.4 Å². The van der Waals surface area contributed by atoms with E-state index >= 15 is 0 Å². The molecule has 0 spiro atoms. The van der Waals surface area contributed by atoms with Crippen molar-refractivity contribution in [2.75, 3.05) is 18.9 Å². The van der Waals surface area contributed by atoms with Crippen molar-refractivity contribution >= 4 is 40.6 Å². The van der Waals surface area contributed by atoms with Gasteiger partial charge in [0.1, 0.15) is 0 Å². The number of thioether (sulfide) groups is 1. The molecule has 0 saturated carbocycles. The molecule has 1 N–H and O–H groups in total. The number of ether oxygens (including phenoxy) is 1. The second-order valence-corrected chi connectivity index (χ2v) is 7.54. The van der Waals surface area contributed by atoms with Crippen LogP contribution in [0.3, 0.4) is 0 Å². The van der Waals surface area contributed by atoms with Crippen molar-refractivity contribution in [1.82, 2.24) is 10.3 Å². The van der Waals surface area contributed by atoms with Crippen molar-refractivity contribution in [3.05, 3.63) is 78.0 Å². The van der Waals surface area contributed by atoms with Gasteiger partial charge >= 0.3 is 5.97 Å². The Morgan fingerprint density at radius 2 is 1.90 bits per heavy atom. The van der Waals surface area contributed by atoms with Crippen molar-refractivity contribution < 1.29 is 14.3 Å². The summed E-state index contributed by atoms with van der Waals surface area (Å²) in [5, 5.41) is 3.74. The van der Waals surface area contributed by atoms with Crippen LogP contribution in [0.5, 0.6) is 0 Å². The van der Waals surface area contributed by atoms with Crippen LogP contribution in [0.25, 0.3) is 17.0 Å². The number of amides is 1. The van der Waals surface area contributed by atoms with E-state index in [1.807, 2.05) is 37.3 Å². The maximum absolute atomic E-state index is 11.9. The molecule has 3 rings (SSSR count). The highest BCUT2D eigenvalue weighted by Gasteiger charge is 2.05. The van der Waals surface area contributed by atoms with Crippen LogP contribution in [0.15, 0.2) is 71.8 Å². The fraction of sp³-hybridized carbons (Fsp3) is 0.174. The van der Waals surface area contributed by atoms with Crippen LogP contribution in [0, 0.1) is 6.92 Å². The average molecular weight is 407 g/mol. The number of fused-ring (bicyclic) bond motifs is 1. The topological polar surface area (TPSA) is 68.3 Å². The number of aryl methyl sites for hydroxylation is 1. The van der Waals surface area contributed by atoms with E-state index in [0.29, 0.717) is 6.54 Å². The summed E-state index contributed by atoms with van der Waals surface area (Å²) in [6, 6.07) is 17.8. The Morgan fingerprint density at radius 3 is 2.72 bits per heavy atom. The van der Waals surface area contributed by atoms with E-state index < -0.39 is 5.97 Å². The SMILES string of the molecule is Cc1ccc(SCCNC(=O)COC(=O)/C=C/c2cccc3cccnc23)cc1. The first kappa shape index (κ1) is 20.6. The van der Waals surface area contributed by atoms with Crippen LogP contribution < -0.4 is 5.32 Å². The van der Waals surface area contributed by atoms with Crippen molar-refractivity contribution in [1.29, 1.82) is 0 Å². The molecule has 1 aromatic heterocycles. The van der Waals surface area contributed by atoms with E-state index in [1.165, 1.54) is 11.6 Å². The number of hydrogen-bond acceptors (Lipinski definition) is 5. The lowest BCUT2D eigenvalue weighted by Crippen LogP contribution is -2.30. The number of hydrogen-bond donors (Lipinski definition) is 1. The zero-order chi connectivity index (χ0) is 20.5. The number of nitrogens with one attached hydrogen (secondary N) is 1. The predicted molar refractivity (Wildman–Crippen MR) is 117 cm³/mol. The maximum Gasteiger partial charge on any atom is 0.331 e. The number of pyridine rings is 1. The molecule has 0 fully saturated rings. The summed E-state index contributed by atoms with van der Waals surface area (Å²) in [5.74, 6) is -0.137. The molecular formula is C23H22N2O3S. The van der Waals surface area contributed by atoms with E-state index in [4.69, 9.17) is 4.74 Å². The average Bonchev–Trinajstić information content (AvgIpc) is 2.75. The molecular weight excluding hydrogens is 384 g/mol. The summed E-state index contributed by atoms with van der Waals surface area (Å²) in [4.78, 5) is 29.2. The van der Waals surface area contributed by atoms with Gasteiger partial charge < -0.3 is 10.1 Å². The number of carbonyl (C=O) groups is 2. The van der Waals surface area contributed by atoms with E-state index in [-0.39, 0.29) is 12.5 Å². The molecule has 1 amide bonds. The summed E-state index contributed by atoms with van der Waals surface area (Å²) in [6.45, 7) is 2.25. The van der Waals surface area contributed by atoms with Crippen LogP contribution >= 0.6 is 11.8 Å². The van der Waals surface area contributed by atoms with Gasteiger partial charge in [0.2, 0.25) is 0 Å². The molecule has 0 aliphatic rings. The number of para-hydroxylation sites is 1. The third-order valence-electron chi connectivity index (χ3n) is 4.12. The first-order valence-corrected chi connectivity index (χ1v) is 10.2. The van der Waals surface area contributed by atoms with E-state index in [2.05, 4.69) is 34.6 Å². The first-order valence-electron chi connectivity index (χ1n) is 9.26. The van der Waals surface area contributed by atoms with Gasteiger partial charge in [-0.2, -0.15) is 0 Å². The Bertz CT molecular complexity index is 1010. The number of rotatable bonds is 8. The van der Waals surface area contributed by atoms with Crippen LogP contribution in [0.1, 0.15) is 11.1 Å². The molecule has 5 nitrogen and oxygen atoms in total. The van der Waals surface area contributed by atoms with Crippen molar-refractivity contribution in [3.8, 4) is 0 Å². The summed E-state index contributed by atoms with van der Waals surface area (Å²) < 4.78 is 5.00. The third-order valence-corrected chi connectivity index (χ3v) is 5.14. The van der Waals surface area contributed by atoms with Crippen molar-refractivity contribution in [3.63, 3.8) is 0 Å². The summed E-state index contributed by atoms with van der Waals surface area (Å²) >= 11 is 1.66. The molecule has 0 unspecified atom stereocenters. The van der Waals surface area contributed by atoms with Crippen LogP contribution in [0.2, 0.25) is 0 Å². The summed E-state index contributed by atoms with van der Waals surface area (Å²) in [5.41, 5.74) is 2.84. The lowest BCUT2D eigenvalue weighted by Gasteiger charge is -2.06. The van der Waals surface area contributed by atoms with Crippen LogP contribution in [0.4, 0.5) is 0 Å². The van der Waals surface area contributed by atoms with E-state index in [0.717, 1.165) is 27.1 Å². The molecule has 0 saturated heterocycles. The molecule has 148 valence electrons. The Hall–Kier alpha value is -3.12. The van der Waals surface area contributed by atoms with Gasteiger partial charge in [-0.05, 0) is 31.2 Å². The highest BCUT2D eigenvalue weighted by Crippen LogP contribution is 2.18. The standard InChI is InChI=1S/C23H22N2O3S/c1-17-7-10-20(11-8-17)29-15-14-24-21(26)16-28-22(27)12-9-19-5-2-4-18-6-3-13-25-23(18)19/h2-13H,14-16H2,1H3,(H,24,26)/b12-9+. The largest absolute Gasteiger partial charge is 0.452 e. The first-order chi connectivity index (χ1) is 14.1. The van der Waals surface area contributed by atoms with Gasteiger partial charge in [0.15, 0.2) is 6.61 Å². The van der Waals surface area contributed by atoms with Gasteiger partial charge in [-0.15, -0.1) is 11.8 Å². The zero-order valence-corrected chi connectivity index (χ0v) is 16.9. The second-order valence-electron chi connectivity index (χ2n) is 6.37. The van der Waals surface area contributed by atoms with Crippen LogP contribution in [-0.4, -0.2) is 35.8 Å². The molecule has 6 heteroatoms. The lowest BCUT2D eigenvalue weighted by molar-refractivity contribution is -0.143. The fourth-order valence-electron chi connectivity index (χ4n) is 2.65. The Balaban J connectivity index is 1.39. The zero-order valence-electron chi connectivity index (χ0n) is 16.1. The molecule has 0 aliphatic heterocycles. The monoisotopic (exact) mass is 406 g/mol. The molecule has 2 aromatic carbocycles. The van der Waals surface area contributed by atoms with Gasteiger partial charge in [-0.1, -0.05) is 42.0 Å². The molecule has 3 aromatic rings. The Labute approximate surface area is 174 Å². The smallest absolute Gasteiger partial charge is 0.331 e. The maximum atomic E-state index is 11.9. The third kappa shape index (κ3) is 6.47. The van der Waals surface area contributed by atoms with Gasteiger partial charge in [0.05, 0.1) is 5.52 Å². The van der Waals surface area contributed by atoms with E-state index in [9.17, 15) is 9.59 Å². The number of nitrogens with zero attached hydrogens (tertiary/aromatic N) is 1. The van der Waals surface area contributed by atoms with Crippen molar-refractivity contribution in [2.45, 2.75) is 11.8 Å². The number of aromatic nitrogens is 1. The number of esters is 1. The van der Waals surface area contributed by atoms with Gasteiger partial charge in [-0.25, -0.2) is 4.79 Å². The number of carbonyl (C=O) groups excluding carboxylic acids is 2. The quantitative estimate of drug-likeness (QED) is 0.265. The van der Waals surface area contributed by atoms with Gasteiger partial charge in [0.25, 0.3) is 5.91 Å². The molecule has 0 atom stereocenters. The Kier molecular flexibility index (Phi) is 7.41. The highest BCUT2D eigenvalue weighted by atomic mass is 32.2. The molecule has 0 radical (unpaired) electrons. The summed E-state index contributed by atoms with van der Waals surface area (Å²) in [7, 11) is 0. The van der Waals surface area contributed by atoms with Crippen molar-refractivity contribution in [2.24, 2.45) is 0 Å². The summed E-state index contributed by atoms with van der Waals surface area (Å²) in [6.07, 6.45) is 4.66. The van der Waals surface area contributed by atoms with Gasteiger partial charge in [-0.3, -0.25) is 9.78 Å². The minimum absolute atomic E-state index is 0.299. The molecule has 29 heavy (non-hydrogen) atoms. The minimum Gasteiger partial charge on any atom is -0.452 e. The fourth-order valence-corrected chi connectivity index (χ4v) is 3.42. The molecule has 0 aliphatic carbocycles. The normalized spacial score (nSPS) is 10.9.